The molecule has 0 radical (unpaired) electrons. The van der Waals surface area contributed by atoms with Crippen molar-refractivity contribution in [1.29, 1.82) is 0 Å². The summed E-state index contributed by atoms with van der Waals surface area (Å²) >= 11 is 0. The zero-order valence-electron chi connectivity index (χ0n) is 6.69. The highest BCUT2D eigenvalue weighted by molar-refractivity contribution is 5.75. The van der Waals surface area contributed by atoms with Gasteiger partial charge in [-0.3, -0.25) is 9.78 Å². The summed E-state index contributed by atoms with van der Waals surface area (Å²) in [6, 6.07) is 2.71. The molecule has 0 bridgehead atoms. The van der Waals surface area contributed by atoms with E-state index in [-0.39, 0.29) is 0 Å². The summed E-state index contributed by atoms with van der Waals surface area (Å²) in [7, 11) is 1.61. The number of aromatic nitrogens is 1. The molecule has 64 valence electrons. The first kappa shape index (κ1) is 8.67. The molecule has 4 nitrogen and oxygen atoms in total. The van der Waals surface area contributed by atoms with E-state index in [1.165, 1.54) is 0 Å². The van der Waals surface area contributed by atoms with E-state index in [2.05, 4.69) is 10.3 Å². The molecule has 0 spiro atoms. The predicted octanol–water partition coefficient (Wildman–Crippen LogP) is 0.427. The Bertz CT molecular complexity index is 261. The molecule has 0 aliphatic rings. The Balaban J connectivity index is 2.88. The third kappa shape index (κ3) is 1.79. The summed E-state index contributed by atoms with van der Waals surface area (Å²) in [4.78, 5) is 14.4. The van der Waals surface area contributed by atoms with E-state index in [1.807, 2.05) is 0 Å². The predicted molar refractivity (Wildman–Crippen MR) is 43.7 cm³/mol. The van der Waals surface area contributed by atoms with E-state index in [0.29, 0.717) is 5.56 Å². The molecule has 1 atom stereocenters. The largest absolute Gasteiger partial charge is 0.480 e. The van der Waals surface area contributed by atoms with Crippen LogP contribution in [-0.2, 0) is 4.79 Å². The van der Waals surface area contributed by atoms with Crippen LogP contribution in [0.1, 0.15) is 11.6 Å². The van der Waals surface area contributed by atoms with E-state index >= 15 is 0 Å². The third-order valence-corrected chi connectivity index (χ3v) is 1.58. The Kier molecular flexibility index (Phi) is 2.76. The monoisotopic (exact) mass is 166 g/mol. The Morgan fingerprint density at radius 3 is 2.58 bits per heavy atom. The van der Waals surface area contributed by atoms with Gasteiger partial charge in [-0.2, -0.15) is 0 Å². The molecule has 0 saturated heterocycles. The minimum Gasteiger partial charge on any atom is -0.480 e. The number of carboxylic acid groups (broad SMARTS) is 1. The molecule has 1 rings (SSSR count). The van der Waals surface area contributed by atoms with Gasteiger partial charge in [-0.1, -0.05) is 0 Å². The lowest BCUT2D eigenvalue weighted by Crippen LogP contribution is -2.24. The third-order valence-electron chi connectivity index (χ3n) is 1.58. The maximum atomic E-state index is 10.6. The van der Waals surface area contributed by atoms with Crippen LogP contribution in [0.5, 0.6) is 0 Å². The van der Waals surface area contributed by atoms with Crippen LogP contribution in [0.2, 0.25) is 0 Å². The van der Waals surface area contributed by atoms with Crippen molar-refractivity contribution in [2.24, 2.45) is 0 Å². The van der Waals surface area contributed by atoms with Crippen molar-refractivity contribution < 1.29 is 9.90 Å². The molecule has 0 unspecified atom stereocenters. The van der Waals surface area contributed by atoms with Crippen LogP contribution in [0, 0.1) is 0 Å². The smallest absolute Gasteiger partial charge is 0.325 e. The molecule has 1 heterocycles. The Labute approximate surface area is 70.3 Å². The molecule has 0 amide bonds. The summed E-state index contributed by atoms with van der Waals surface area (Å²) in [5.41, 5.74) is 0.708. The first-order valence-electron chi connectivity index (χ1n) is 3.55. The summed E-state index contributed by atoms with van der Waals surface area (Å²) in [5.74, 6) is -0.885. The van der Waals surface area contributed by atoms with E-state index in [1.54, 1.807) is 31.6 Å². The highest BCUT2D eigenvalue weighted by Gasteiger charge is 2.16. The molecule has 0 aliphatic heterocycles. The molecule has 1 aromatic heterocycles. The van der Waals surface area contributed by atoms with Gasteiger partial charge in [0.2, 0.25) is 0 Å². The summed E-state index contributed by atoms with van der Waals surface area (Å²) < 4.78 is 0. The number of carbonyl (C=O) groups is 1. The zero-order chi connectivity index (χ0) is 8.97. The van der Waals surface area contributed by atoms with Gasteiger partial charge in [0.1, 0.15) is 6.04 Å². The number of nitrogens with zero attached hydrogens (tertiary/aromatic N) is 1. The van der Waals surface area contributed by atoms with E-state index in [4.69, 9.17) is 5.11 Å². The number of hydrogen-bond acceptors (Lipinski definition) is 3. The standard InChI is InChI=1S/C8H10N2O2/c1-9-7(8(11)12)6-2-4-10-5-3-6/h2-5,7,9H,1H3,(H,11,12)/t7-/m0/s1. The SMILES string of the molecule is CN[C@H](C(=O)O)c1ccncc1. The maximum absolute atomic E-state index is 10.6. The van der Waals surface area contributed by atoms with Gasteiger partial charge in [-0.25, -0.2) is 0 Å². The average Bonchev–Trinajstić information content (AvgIpc) is 2.07. The molecule has 0 aliphatic carbocycles. The maximum Gasteiger partial charge on any atom is 0.325 e. The molecule has 1 aromatic rings. The van der Waals surface area contributed by atoms with Gasteiger partial charge in [0.25, 0.3) is 0 Å². The van der Waals surface area contributed by atoms with Gasteiger partial charge in [0, 0.05) is 12.4 Å². The second-order valence-corrected chi connectivity index (χ2v) is 2.34. The number of carboxylic acids is 1. The number of hydrogen-bond donors (Lipinski definition) is 2. The van der Waals surface area contributed by atoms with Crippen LogP contribution < -0.4 is 5.32 Å². The average molecular weight is 166 g/mol. The van der Waals surface area contributed by atoms with Gasteiger partial charge >= 0.3 is 5.97 Å². The highest BCUT2D eigenvalue weighted by Crippen LogP contribution is 2.10. The molecule has 12 heavy (non-hydrogen) atoms. The van der Waals surface area contributed by atoms with Crippen molar-refractivity contribution in [1.82, 2.24) is 10.3 Å². The van der Waals surface area contributed by atoms with Crippen LogP contribution in [-0.4, -0.2) is 23.1 Å². The van der Waals surface area contributed by atoms with E-state index < -0.39 is 12.0 Å². The van der Waals surface area contributed by atoms with Crippen molar-refractivity contribution in [3.8, 4) is 0 Å². The number of nitrogens with one attached hydrogen (secondary N) is 1. The molecule has 0 aromatic carbocycles. The minimum atomic E-state index is -0.885. The van der Waals surface area contributed by atoms with E-state index in [9.17, 15) is 4.79 Å². The number of rotatable bonds is 3. The zero-order valence-corrected chi connectivity index (χ0v) is 6.69. The summed E-state index contributed by atoms with van der Waals surface area (Å²) in [5, 5.41) is 11.4. The van der Waals surface area contributed by atoms with Crippen molar-refractivity contribution in [2.75, 3.05) is 7.05 Å². The molecule has 2 N–H and O–H groups in total. The van der Waals surface area contributed by atoms with Gasteiger partial charge in [-0.05, 0) is 24.7 Å². The Morgan fingerprint density at radius 2 is 2.17 bits per heavy atom. The van der Waals surface area contributed by atoms with Crippen LogP contribution in [0.25, 0.3) is 0 Å². The topological polar surface area (TPSA) is 62.2 Å². The summed E-state index contributed by atoms with van der Waals surface area (Å²) in [6.07, 6.45) is 3.14. The fraction of sp³-hybridized carbons (Fsp3) is 0.250. The first-order valence-corrected chi connectivity index (χ1v) is 3.55. The van der Waals surface area contributed by atoms with E-state index in [0.717, 1.165) is 0 Å². The van der Waals surface area contributed by atoms with Crippen molar-refractivity contribution in [2.45, 2.75) is 6.04 Å². The molecule has 0 fully saturated rings. The number of aliphatic carboxylic acids is 1. The number of pyridine rings is 1. The molecular weight excluding hydrogens is 156 g/mol. The molecular formula is C8H10N2O2. The van der Waals surface area contributed by atoms with Crippen LogP contribution in [0.15, 0.2) is 24.5 Å². The Morgan fingerprint density at radius 1 is 1.58 bits per heavy atom. The molecule has 0 saturated carbocycles. The quantitative estimate of drug-likeness (QED) is 0.683. The van der Waals surface area contributed by atoms with Gasteiger partial charge in [0.15, 0.2) is 0 Å². The normalized spacial score (nSPS) is 12.4. The van der Waals surface area contributed by atoms with Gasteiger partial charge < -0.3 is 10.4 Å². The number of likely N-dealkylation sites (N-methyl/N-ethyl adjacent to an activating group) is 1. The first-order chi connectivity index (χ1) is 5.75. The van der Waals surface area contributed by atoms with Crippen molar-refractivity contribution in [3.05, 3.63) is 30.1 Å². The minimum absolute atomic E-state index is 0.645. The van der Waals surface area contributed by atoms with Crippen molar-refractivity contribution in [3.63, 3.8) is 0 Å². The second kappa shape index (κ2) is 3.82. The Hall–Kier alpha value is -1.42. The lowest BCUT2D eigenvalue weighted by molar-refractivity contribution is -0.139. The second-order valence-electron chi connectivity index (χ2n) is 2.34. The highest BCUT2D eigenvalue weighted by atomic mass is 16.4. The fourth-order valence-electron chi connectivity index (χ4n) is 0.989. The van der Waals surface area contributed by atoms with Crippen LogP contribution >= 0.6 is 0 Å². The van der Waals surface area contributed by atoms with Crippen molar-refractivity contribution >= 4 is 5.97 Å². The van der Waals surface area contributed by atoms with Gasteiger partial charge in [-0.15, -0.1) is 0 Å². The lowest BCUT2D eigenvalue weighted by Gasteiger charge is -2.09. The molecule has 4 heteroatoms. The fourth-order valence-corrected chi connectivity index (χ4v) is 0.989. The van der Waals surface area contributed by atoms with Crippen LogP contribution in [0.4, 0.5) is 0 Å². The van der Waals surface area contributed by atoms with Crippen LogP contribution in [0.3, 0.4) is 0 Å². The van der Waals surface area contributed by atoms with Gasteiger partial charge in [0.05, 0.1) is 0 Å². The lowest BCUT2D eigenvalue weighted by atomic mass is 10.1. The summed E-state index contributed by atoms with van der Waals surface area (Å²) in [6.45, 7) is 0.